The van der Waals surface area contributed by atoms with Gasteiger partial charge in [0.25, 0.3) is 5.91 Å². The number of fused-ring (bicyclic) bond motifs is 1. The highest BCUT2D eigenvalue weighted by atomic mass is 35.5. The molecule has 0 spiro atoms. The standard InChI is InChI=1S/C19H23ClN4OS/c1-3-15-21-19-24(22-15)18(25)17(26-19)16(13-4-6-14(20)7-5-13)23-10-8-12(2)9-11-23/h4-7,12,16-17H,3,8-11H2,1-2H3. The Bertz CT molecular complexity index is 798. The molecule has 2 aliphatic rings. The van der Waals surface area contributed by atoms with Gasteiger partial charge >= 0.3 is 0 Å². The molecule has 0 aliphatic carbocycles. The Balaban J connectivity index is 1.66. The van der Waals surface area contributed by atoms with Gasteiger partial charge in [-0.2, -0.15) is 4.68 Å². The van der Waals surface area contributed by atoms with Crippen LogP contribution in [0, 0.1) is 5.92 Å². The molecule has 7 heteroatoms. The van der Waals surface area contributed by atoms with Gasteiger partial charge in [0.05, 0.1) is 6.04 Å². The quantitative estimate of drug-likeness (QED) is 0.787. The first-order valence-electron chi connectivity index (χ1n) is 9.23. The van der Waals surface area contributed by atoms with Crippen LogP contribution in [0.3, 0.4) is 0 Å². The van der Waals surface area contributed by atoms with Gasteiger partial charge < -0.3 is 0 Å². The molecule has 2 aromatic rings. The normalized spacial score (nSPS) is 22.6. The zero-order valence-electron chi connectivity index (χ0n) is 15.1. The summed E-state index contributed by atoms with van der Waals surface area (Å²) >= 11 is 7.64. The number of benzene rings is 1. The van der Waals surface area contributed by atoms with Gasteiger partial charge in [0.15, 0.2) is 11.0 Å². The summed E-state index contributed by atoms with van der Waals surface area (Å²) in [6.07, 6.45) is 3.07. The summed E-state index contributed by atoms with van der Waals surface area (Å²) in [5.74, 6) is 1.51. The van der Waals surface area contributed by atoms with E-state index in [0.29, 0.717) is 5.02 Å². The van der Waals surface area contributed by atoms with Crippen molar-refractivity contribution in [3.8, 4) is 0 Å². The largest absolute Gasteiger partial charge is 0.295 e. The Hall–Kier alpha value is -1.37. The fourth-order valence-corrected chi connectivity index (χ4v) is 5.14. The fourth-order valence-electron chi connectivity index (χ4n) is 3.74. The molecule has 0 saturated carbocycles. The van der Waals surface area contributed by atoms with Gasteiger partial charge in [-0.1, -0.05) is 49.3 Å². The molecule has 1 aromatic carbocycles. The van der Waals surface area contributed by atoms with Crippen molar-refractivity contribution in [1.82, 2.24) is 19.7 Å². The first-order valence-corrected chi connectivity index (χ1v) is 10.5. The number of halogens is 1. The van der Waals surface area contributed by atoms with Gasteiger partial charge in [-0.15, -0.1) is 5.10 Å². The molecule has 0 radical (unpaired) electrons. The van der Waals surface area contributed by atoms with E-state index in [4.69, 9.17) is 11.6 Å². The van der Waals surface area contributed by atoms with Crippen molar-refractivity contribution in [3.63, 3.8) is 0 Å². The van der Waals surface area contributed by atoms with Crippen LogP contribution in [-0.2, 0) is 6.42 Å². The van der Waals surface area contributed by atoms with Crippen molar-refractivity contribution in [2.75, 3.05) is 13.1 Å². The lowest BCUT2D eigenvalue weighted by atomic mass is 9.94. The predicted molar refractivity (Wildman–Crippen MR) is 104 cm³/mol. The summed E-state index contributed by atoms with van der Waals surface area (Å²) in [4.78, 5) is 20.1. The minimum Gasteiger partial charge on any atom is -0.295 e. The third kappa shape index (κ3) is 3.30. The van der Waals surface area contributed by atoms with E-state index in [9.17, 15) is 4.79 Å². The Labute approximate surface area is 163 Å². The number of aromatic nitrogens is 3. The molecule has 1 saturated heterocycles. The molecular formula is C19H23ClN4OS. The van der Waals surface area contributed by atoms with Crippen LogP contribution < -0.4 is 0 Å². The topological polar surface area (TPSA) is 51.0 Å². The van der Waals surface area contributed by atoms with Crippen LogP contribution in [0.2, 0.25) is 5.02 Å². The lowest BCUT2D eigenvalue weighted by Crippen LogP contribution is -2.42. The molecule has 0 bridgehead atoms. The van der Waals surface area contributed by atoms with Crippen LogP contribution in [0.1, 0.15) is 48.9 Å². The van der Waals surface area contributed by atoms with Gasteiger partial charge in [-0.05, 0) is 49.5 Å². The van der Waals surface area contributed by atoms with E-state index in [1.807, 2.05) is 31.2 Å². The van der Waals surface area contributed by atoms with Crippen LogP contribution in [0.15, 0.2) is 29.4 Å². The molecule has 2 unspecified atom stereocenters. The van der Waals surface area contributed by atoms with E-state index in [2.05, 4.69) is 21.9 Å². The molecular weight excluding hydrogens is 368 g/mol. The highest BCUT2D eigenvalue weighted by Gasteiger charge is 2.43. The number of nitrogens with zero attached hydrogens (tertiary/aromatic N) is 4. The second-order valence-corrected chi connectivity index (χ2v) is 8.71. The van der Waals surface area contributed by atoms with E-state index in [0.717, 1.165) is 42.0 Å². The Morgan fingerprint density at radius 3 is 2.58 bits per heavy atom. The lowest BCUT2D eigenvalue weighted by Gasteiger charge is -2.38. The minimum absolute atomic E-state index is 0.0193. The monoisotopic (exact) mass is 390 g/mol. The average molecular weight is 391 g/mol. The van der Waals surface area contributed by atoms with E-state index in [1.165, 1.54) is 17.5 Å². The number of aryl methyl sites for hydroxylation is 1. The first-order chi connectivity index (χ1) is 12.6. The van der Waals surface area contributed by atoms with Crippen LogP contribution in [-0.4, -0.2) is 43.9 Å². The predicted octanol–water partition coefficient (Wildman–Crippen LogP) is 4.08. The third-order valence-electron chi connectivity index (χ3n) is 5.33. The molecule has 4 rings (SSSR count). The average Bonchev–Trinajstić information content (AvgIpc) is 3.18. The van der Waals surface area contributed by atoms with E-state index < -0.39 is 0 Å². The second kappa shape index (κ2) is 7.33. The second-order valence-electron chi connectivity index (χ2n) is 7.17. The van der Waals surface area contributed by atoms with Gasteiger partial charge in [-0.25, -0.2) is 4.98 Å². The zero-order chi connectivity index (χ0) is 18.3. The first kappa shape index (κ1) is 18.0. The SMILES string of the molecule is CCc1nc2n(n1)C(=O)C(C(c1ccc(Cl)cc1)N1CCC(C)CC1)S2. The van der Waals surface area contributed by atoms with Gasteiger partial charge in [-0.3, -0.25) is 9.69 Å². The van der Waals surface area contributed by atoms with Crippen LogP contribution in [0.25, 0.3) is 0 Å². The van der Waals surface area contributed by atoms with Crippen LogP contribution in [0.4, 0.5) is 0 Å². The number of hydrogen-bond acceptors (Lipinski definition) is 5. The van der Waals surface area contributed by atoms with Crippen molar-refractivity contribution < 1.29 is 4.79 Å². The summed E-state index contributed by atoms with van der Waals surface area (Å²) in [5, 5.41) is 5.60. The molecule has 1 fully saturated rings. The molecule has 26 heavy (non-hydrogen) atoms. The Kier molecular flexibility index (Phi) is 5.08. The maximum atomic E-state index is 13.1. The smallest absolute Gasteiger partial charge is 0.264 e. The van der Waals surface area contributed by atoms with Crippen molar-refractivity contribution >= 4 is 29.3 Å². The van der Waals surface area contributed by atoms with E-state index in [1.54, 1.807) is 11.8 Å². The molecule has 2 atom stereocenters. The van der Waals surface area contributed by atoms with Crippen molar-refractivity contribution in [2.45, 2.75) is 49.6 Å². The van der Waals surface area contributed by atoms with E-state index >= 15 is 0 Å². The highest BCUT2D eigenvalue weighted by molar-refractivity contribution is 8.00. The van der Waals surface area contributed by atoms with Crippen molar-refractivity contribution in [3.05, 3.63) is 40.7 Å². The van der Waals surface area contributed by atoms with Crippen LogP contribution >= 0.6 is 23.4 Å². The van der Waals surface area contributed by atoms with Crippen LogP contribution in [0.5, 0.6) is 0 Å². The highest BCUT2D eigenvalue weighted by Crippen LogP contribution is 2.42. The third-order valence-corrected chi connectivity index (χ3v) is 6.77. The molecule has 2 aliphatic heterocycles. The number of rotatable bonds is 4. The molecule has 3 heterocycles. The lowest BCUT2D eigenvalue weighted by molar-refractivity contribution is 0.0799. The molecule has 138 valence electrons. The number of carbonyl (C=O) groups excluding carboxylic acids is 1. The molecule has 1 aromatic heterocycles. The number of likely N-dealkylation sites (tertiary alicyclic amines) is 1. The number of thioether (sulfide) groups is 1. The zero-order valence-corrected chi connectivity index (χ0v) is 16.6. The molecule has 0 N–H and O–H groups in total. The van der Waals surface area contributed by atoms with Gasteiger partial charge in [0.2, 0.25) is 0 Å². The van der Waals surface area contributed by atoms with Gasteiger partial charge in [0.1, 0.15) is 5.25 Å². The van der Waals surface area contributed by atoms with E-state index in [-0.39, 0.29) is 17.2 Å². The maximum Gasteiger partial charge on any atom is 0.264 e. The molecule has 5 nitrogen and oxygen atoms in total. The van der Waals surface area contributed by atoms with Gasteiger partial charge in [0, 0.05) is 11.4 Å². The maximum absolute atomic E-state index is 13.1. The summed E-state index contributed by atoms with van der Waals surface area (Å²) in [6, 6.07) is 7.93. The van der Waals surface area contributed by atoms with Crippen molar-refractivity contribution in [2.24, 2.45) is 5.92 Å². The minimum atomic E-state index is -0.217. The summed E-state index contributed by atoms with van der Waals surface area (Å²) in [5.41, 5.74) is 1.14. The fraction of sp³-hybridized carbons (Fsp3) is 0.526. The summed E-state index contributed by atoms with van der Waals surface area (Å²) in [7, 11) is 0. The summed E-state index contributed by atoms with van der Waals surface area (Å²) in [6.45, 7) is 6.32. The Morgan fingerprint density at radius 2 is 1.96 bits per heavy atom. The Morgan fingerprint density at radius 1 is 1.27 bits per heavy atom. The number of piperidine rings is 1. The number of carbonyl (C=O) groups is 1. The summed E-state index contributed by atoms with van der Waals surface area (Å²) < 4.78 is 1.50. The van der Waals surface area contributed by atoms with Crippen molar-refractivity contribution in [1.29, 1.82) is 0 Å². The molecule has 0 amide bonds. The number of hydrogen-bond donors (Lipinski definition) is 0.